The summed E-state index contributed by atoms with van der Waals surface area (Å²) in [7, 11) is -2.02. The Balaban J connectivity index is 1.78. The van der Waals surface area contributed by atoms with E-state index in [1.165, 1.54) is 12.1 Å². The van der Waals surface area contributed by atoms with Crippen molar-refractivity contribution >= 4 is 27.5 Å². The third-order valence-electron chi connectivity index (χ3n) is 5.51. The molecule has 0 bridgehead atoms. The summed E-state index contributed by atoms with van der Waals surface area (Å²) in [5.41, 5.74) is 4.25. The molecule has 1 aromatic heterocycles. The number of carbonyl (C=O) groups excluding carboxylic acids is 1. The van der Waals surface area contributed by atoms with Crippen LogP contribution >= 0.6 is 11.6 Å². The van der Waals surface area contributed by atoms with Crippen LogP contribution in [0, 0.1) is 13.8 Å². The fourth-order valence-corrected chi connectivity index (χ4v) is 4.06. The van der Waals surface area contributed by atoms with Gasteiger partial charge >= 0.3 is 0 Å². The van der Waals surface area contributed by atoms with Crippen LogP contribution in [0.4, 0.5) is 0 Å². The van der Waals surface area contributed by atoms with E-state index in [1.54, 1.807) is 36.2 Å². The van der Waals surface area contributed by atoms with Crippen LogP contribution in [0.25, 0.3) is 5.69 Å². The first kappa shape index (κ1) is 23.0. The topological polar surface area (TPSA) is 98.3 Å². The molecule has 9 heteroatoms. The SMILES string of the molecule is Cc1nn(-c2ccc(Cl)cc2)c(C)c1CC(=O)N(C)C(C)c1ccc(S(N)(=O)=O)cc1. The van der Waals surface area contributed by atoms with Gasteiger partial charge < -0.3 is 4.90 Å². The maximum absolute atomic E-state index is 13.0. The Morgan fingerprint density at radius 3 is 2.26 bits per heavy atom. The van der Waals surface area contributed by atoms with Crippen LogP contribution in [0.3, 0.4) is 0 Å². The monoisotopic (exact) mass is 460 g/mol. The van der Waals surface area contributed by atoms with Gasteiger partial charge in [-0.3, -0.25) is 4.79 Å². The highest BCUT2D eigenvalue weighted by Gasteiger charge is 2.22. The van der Waals surface area contributed by atoms with Gasteiger partial charge in [-0.15, -0.1) is 0 Å². The van der Waals surface area contributed by atoms with Crippen LogP contribution in [0.1, 0.15) is 35.5 Å². The molecule has 3 rings (SSSR count). The third-order valence-corrected chi connectivity index (χ3v) is 6.69. The lowest BCUT2D eigenvalue weighted by molar-refractivity contribution is -0.131. The number of nitrogens with two attached hydrogens (primary N) is 1. The van der Waals surface area contributed by atoms with Gasteiger partial charge in [0.25, 0.3) is 0 Å². The number of amides is 1. The first-order valence-electron chi connectivity index (χ1n) is 9.68. The smallest absolute Gasteiger partial charge is 0.238 e. The molecule has 2 N–H and O–H groups in total. The predicted octanol–water partition coefficient (Wildman–Crippen LogP) is 3.55. The van der Waals surface area contributed by atoms with E-state index in [1.807, 2.05) is 37.6 Å². The number of hydrogen-bond donors (Lipinski definition) is 1. The number of aromatic nitrogens is 2. The van der Waals surface area contributed by atoms with Crippen LogP contribution in [0.15, 0.2) is 53.4 Å². The molecule has 0 aliphatic heterocycles. The van der Waals surface area contributed by atoms with Crippen LogP contribution in [0.2, 0.25) is 5.02 Å². The fraction of sp³-hybridized carbons (Fsp3) is 0.273. The number of primary sulfonamides is 1. The Labute approximate surface area is 187 Å². The normalized spacial score (nSPS) is 12.6. The lowest BCUT2D eigenvalue weighted by Gasteiger charge is -2.25. The Bertz CT molecular complexity index is 1200. The molecule has 0 aliphatic rings. The molecule has 3 aromatic rings. The second-order valence-electron chi connectivity index (χ2n) is 7.51. The quantitative estimate of drug-likeness (QED) is 0.608. The van der Waals surface area contributed by atoms with E-state index >= 15 is 0 Å². The molecule has 0 radical (unpaired) electrons. The summed E-state index contributed by atoms with van der Waals surface area (Å²) < 4.78 is 24.7. The molecular formula is C22H25ClN4O3S. The minimum absolute atomic E-state index is 0.0401. The zero-order valence-electron chi connectivity index (χ0n) is 17.8. The van der Waals surface area contributed by atoms with Crippen molar-refractivity contribution in [1.82, 2.24) is 14.7 Å². The number of likely N-dealkylation sites (N-methyl/N-ethyl adjacent to an activating group) is 1. The summed E-state index contributed by atoms with van der Waals surface area (Å²) in [5.74, 6) is -0.0649. The van der Waals surface area contributed by atoms with Gasteiger partial charge in [0.15, 0.2) is 0 Å². The van der Waals surface area contributed by atoms with Crippen molar-refractivity contribution in [2.75, 3.05) is 7.05 Å². The van der Waals surface area contributed by atoms with Crippen molar-refractivity contribution in [3.05, 3.63) is 76.1 Å². The van der Waals surface area contributed by atoms with E-state index < -0.39 is 10.0 Å². The molecule has 0 saturated heterocycles. The molecule has 1 amide bonds. The van der Waals surface area contributed by atoms with Gasteiger partial charge in [-0.1, -0.05) is 23.7 Å². The molecule has 0 saturated carbocycles. The van der Waals surface area contributed by atoms with Crippen LogP contribution < -0.4 is 5.14 Å². The largest absolute Gasteiger partial charge is 0.339 e. The number of hydrogen-bond acceptors (Lipinski definition) is 4. The van der Waals surface area contributed by atoms with E-state index in [0.717, 1.165) is 28.2 Å². The zero-order valence-corrected chi connectivity index (χ0v) is 19.4. The number of halogens is 1. The Morgan fingerprint density at radius 1 is 1.13 bits per heavy atom. The number of aryl methyl sites for hydroxylation is 1. The summed E-state index contributed by atoms with van der Waals surface area (Å²) in [6.45, 7) is 5.71. The average Bonchev–Trinajstić information content (AvgIpc) is 3.01. The standard InChI is InChI=1S/C22H25ClN4O3S/c1-14-21(16(3)27(25-14)19-9-7-18(23)8-10-19)13-22(28)26(4)15(2)17-5-11-20(12-6-17)31(24,29)30/h5-12,15H,13H2,1-4H3,(H2,24,29,30). The van der Waals surface area contributed by atoms with Gasteiger partial charge in [0.05, 0.1) is 28.7 Å². The molecule has 0 fully saturated rings. The summed E-state index contributed by atoms with van der Waals surface area (Å²) in [5, 5.41) is 10.4. The molecule has 0 spiro atoms. The molecule has 1 unspecified atom stereocenters. The van der Waals surface area contributed by atoms with E-state index in [9.17, 15) is 13.2 Å². The minimum atomic E-state index is -3.75. The van der Waals surface area contributed by atoms with Crippen molar-refractivity contribution < 1.29 is 13.2 Å². The van der Waals surface area contributed by atoms with Gasteiger partial charge in [0.2, 0.25) is 15.9 Å². The fourth-order valence-electron chi connectivity index (χ4n) is 3.42. The number of sulfonamides is 1. The van der Waals surface area contributed by atoms with Crippen molar-refractivity contribution in [3.8, 4) is 5.69 Å². The highest BCUT2D eigenvalue weighted by Crippen LogP contribution is 2.24. The third kappa shape index (κ3) is 4.98. The number of nitrogens with zero attached hydrogens (tertiary/aromatic N) is 3. The van der Waals surface area contributed by atoms with Crippen molar-refractivity contribution in [1.29, 1.82) is 0 Å². The van der Waals surface area contributed by atoms with Crippen LogP contribution in [-0.4, -0.2) is 36.1 Å². The van der Waals surface area contributed by atoms with Crippen molar-refractivity contribution in [2.45, 2.75) is 38.1 Å². The molecule has 1 heterocycles. The highest BCUT2D eigenvalue weighted by atomic mass is 35.5. The van der Waals surface area contributed by atoms with Gasteiger partial charge in [0, 0.05) is 23.3 Å². The van der Waals surface area contributed by atoms with Gasteiger partial charge in [0.1, 0.15) is 0 Å². The molecule has 0 aliphatic carbocycles. The summed E-state index contributed by atoms with van der Waals surface area (Å²) in [6.07, 6.45) is 0.210. The zero-order chi connectivity index (χ0) is 22.9. The van der Waals surface area contributed by atoms with Gasteiger partial charge in [-0.25, -0.2) is 18.2 Å². The predicted molar refractivity (Wildman–Crippen MR) is 121 cm³/mol. The second kappa shape index (κ2) is 8.82. The van der Waals surface area contributed by atoms with E-state index in [-0.39, 0.29) is 23.3 Å². The molecule has 7 nitrogen and oxygen atoms in total. The summed E-state index contributed by atoms with van der Waals surface area (Å²) in [4.78, 5) is 14.7. The minimum Gasteiger partial charge on any atom is -0.339 e. The van der Waals surface area contributed by atoms with Gasteiger partial charge in [-0.2, -0.15) is 5.10 Å². The van der Waals surface area contributed by atoms with E-state index in [4.69, 9.17) is 16.7 Å². The maximum atomic E-state index is 13.0. The Hall–Kier alpha value is -2.68. The molecule has 31 heavy (non-hydrogen) atoms. The number of benzene rings is 2. The Morgan fingerprint density at radius 2 is 1.71 bits per heavy atom. The molecule has 164 valence electrons. The number of carbonyl (C=O) groups is 1. The van der Waals surface area contributed by atoms with Crippen molar-refractivity contribution in [3.63, 3.8) is 0 Å². The molecule has 2 aromatic carbocycles. The van der Waals surface area contributed by atoms with E-state index in [2.05, 4.69) is 5.10 Å². The van der Waals surface area contributed by atoms with Crippen LogP contribution in [0.5, 0.6) is 0 Å². The van der Waals surface area contributed by atoms with Crippen molar-refractivity contribution in [2.24, 2.45) is 5.14 Å². The first-order chi connectivity index (χ1) is 14.5. The van der Waals surface area contributed by atoms with Gasteiger partial charge in [-0.05, 0) is 62.7 Å². The number of rotatable bonds is 6. The lowest BCUT2D eigenvalue weighted by Crippen LogP contribution is -2.31. The highest BCUT2D eigenvalue weighted by molar-refractivity contribution is 7.89. The maximum Gasteiger partial charge on any atom is 0.238 e. The average molecular weight is 461 g/mol. The summed E-state index contributed by atoms with van der Waals surface area (Å²) in [6, 6.07) is 13.4. The first-order valence-corrected chi connectivity index (χ1v) is 11.6. The Kier molecular flexibility index (Phi) is 6.54. The van der Waals surface area contributed by atoms with E-state index in [0.29, 0.717) is 5.02 Å². The second-order valence-corrected chi connectivity index (χ2v) is 9.51. The van der Waals surface area contributed by atoms with Crippen LogP contribution in [-0.2, 0) is 21.2 Å². The summed E-state index contributed by atoms with van der Waals surface area (Å²) >= 11 is 5.97. The molecule has 1 atom stereocenters. The lowest BCUT2D eigenvalue weighted by atomic mass is 10.1. The molecular weight excluding hydrogens is 436 g/mol.